The minimum absolute atomic E-state index is 0. The summed E-state index contributed by atoms with van der Waals surface area (Å²) < 4.78 is 0. The first-order chi connectivity index (χ1) is 15.6. The number of likely N-dealkylation sites (tertiary alicyclic amines) is 1. The maximum Gasteiger partial charge on any atom is 0.251 e. The monoisotopic (exact) mass is 563 g/mol. The van der Waals surface area contributed by atoms with E-state index in [4.69, 9.17) is 4.99 Å². The number of halogens is 1. The van der Waals surface area contributed by atoms with Gasteiger partial charge < -0.3 is 20.9 Å². The van der Waals surface area contributed by atoms with Crippen molar-refractivity contribution >= 4 is 41.8 Å². The topological polar surface area (TPSA) is 85.8 Å². The predicted octanol–water partition coefficient (Wildman–Crippen LogP) is 3.08. The zero-order valence-corrected chi connectivity index (χ0v) is 21.7. The molecule has 178 valence electrons. The van der Waals surface area contributed by atoms with Gasteiger partial charge in [-0.1, -0.05) is 36.4 Å². The molecule has 3 rings (SSSR count). The Labute approximate surface area is 213 Å². The molecule has 0 aromatic heterocycles. The second-order valence-corrected chi connectivity index (χ2v) is 7.89. The SMILES string of the molecule is CCNC(=NCc1cccc(CN2CCCC2=O)c1)NCCc1cccc(C(=O)NC)c1.I. The molecule has 1 aliphatic heterocycles. The number of guanidine groups is 1. The van der Waals surface area contributed by atoms with E-state index in [-0.39, 0.29) is 35.8 Å². The Bertz CT molecular complexity index is 963. The maximum atomic E-state index is 11.9. The molecule has 0 aliphatic carbocycles. The Hall–Kier alpha value is -2.62. The number of hydrogen-bond donors (Lipinski definition) is 3. The van der Waals surface area contributed by atoms with Gasteiger partial charge in [0.25, 0.3) is 5.91 Å². The van der Waals surface area contributed by atoms with Crippen LogP contribution in [0.15, 0.2) is 53.5 Å². The second-order valence-electron chi connectivity index (χ2n) is 7.89. The van der Waals surface area contributed by atoms with Crippen LogP contribution < -0.4 is 16.0 Å². The van der Waals surface area contributed by atoms with Crippen molar-refractivity contribution in [3.63, 3.8) is 0 Å². The van der Waals surface area contributed by atoms with Crippen molar-refractivity contribution in [3.05, 3.63) is 70.8 Å². The van der Waals surface area contributed by atoms with E-state index in [0.29, 0.717) is 31.6 Å². The summed E-state index contributed by atoms with van der Waals surface area (Å²) in [4.78, 5) is 30.3. The summed E-state index contributed by atoms with van der Waals surface area (Å²) in [6.07, 6.45) is 2.41. The van der Waals surface area contributed by atoms with E-state index >= 15 is 0 Å². The van der Waals surface area contributed by atoms with Gasteiger partial charge in [-0.2, -0.15) is 0 Å². The minimum Gasteiger partial charge on any atom is -0.357 e. The fourth-order valence-electron chi connectivity index (χ4n) is 3.77. The molecule has 33 heavy (non-hydrogen) atoms. The Kier molecular flexibility index (Phi) is 11.2. The molecular weight excluding hydrogens is 529 g/mol. The number of benzene rings is 2. The number of aliphatic imine (C=N–C) groups is 1. The van der Waals surface area contributed by atoms with Crippen molar-refractivity contribution < 1.29 is 9.59 Å². The molecule has 0 atom stereocenters. The average Bonchev–Trinajstić information content (AvgIpc) is 3.21. The summed E-state index contributed by atoms with van der Waals surface area (Å²) in [7, 11) is 1.64. The van der Waals surface area contributed by atoms with Crippen LogP contribution in [0, 0.1) is 0 Å². The van der Waals surface area contributed by atoms with E-state index in [1.165, 1.54) is 0 Å². The highest BCUT2D eigenvalue weighted by atomic mass is 127. The normalized spacial score (nSPS) is 13.5. The first-order valence-electron chi connectivity index (χ1n) is 11.3. The van der Waals surface area contributed by atoms with Crippen LogP contribution in [-0.2, 0) is 24.3 Å². The summed E-state index contributed by atoms with van der Waals surface area (Å²) in [5.74, 6) is 0.925. The highest BCUT2D eigenvalue weighted by Crippen LogP contribution is 2.15. The number of carbonyl (C=O) groups is 2. The number of amides is 2. The van der Waals surface area contributed by atoms with E-state index in [2.05, 4.69) is 34.1 Å². The van der Waals surface area contributed by atoms with Crippen LogP contribution in [0.5, 0.6) is 0 Å². The van der Waals surface area contributed by atoms with Gasteiger partial charge in [-0.3, -0.25) is 9.59 Å². The average molecular weight is 563 g/mol. The van der Waals surface area contributed by atoms with E-state index in [1.54, 1.807) is 7.05 Å². The Morgan fingerprint density at radius 2 is 1.82 bits per heavy atom. The van der Waals surface area contributed by atoms with Crippen LogP contribution in [0.1, 0.15) is 46.8 Å². The summed E-state index contributed by atoms with van der Waals surface area (Å²) in [6.45, 7) is 5.60. The van der Waals surface area contributed by atoms with Gasteiger partial charge in [0.2, 0.25) is 5.91 Å². The molecule has 2 amide bonds. The highest BCUT2D eigenvalue weighted by molar-refractivity contribution is 14.0. The molecule has 1 saturated heterocycles. The van der Waals surface area contributed by atoms with Gasteiger partial charge in [-0.25, -0.2) is 4.99 Å². The number of carbonyl (C=O) groups excluding carboxylic acids is 2. The van der Waals surface area contributed by atoms with Gasteiger partial charge in [0.1, 0.15) is 0 Å². The smallest absolute Gasteiger partial charge is 0.251 e. The van der Waals surface area contributed by atoms with E-state index in [0.717, 1.165) is 48.6 Å². The van der Waals surface area contributed by atoms with Crippen LogP contribution in [0.4, 0.5) is 0 Å². The van der Waals surface area contributed by atoms with Crippen LogP contribution in [0.2, 0.25) is 0 Å². The molecule has 3 N–H and O–H groups in total. The van der Waals surface area contributed by atoms with Crippen molar-refractivity contribution in [1.29, 1.82) is 0 Å². The standard InChI is InChI=1S/C25H33N5O2.HI/c1-3-27-25(28-13-12-19-7-5-10-22(16-19)24(32)26-2)29-17-20-8-4-9-21(15-20)18-30-14-6-11-23(30)31;/h4-5,7-10,15-16H,3,6,11-14,17-18H2,1-2H3,(H,26,32)(H2,27,28,29);1H. The molecule has 0 bridgehead atoms. The van der Waals surface area contributed by atoms with Gasteiger partial charge in [0.15, 0.2) is 5.96 Å². The van der Waals surface area contributed by atoms with Crippen LogP contribution in [-0.4, -0.2) is 49.4 Å². The highest BCUT2D eigenvalue weighted by Gasteiger charge is 2.19. The molecule has 0 saturated carbocycles. The summed E-state index contributed by atoms with van der Waals surface area (Å²) in [5, 5.41) is 9.30. The van der Waals surface area contributed by atoms with Gasteiger partial charge in [-0.05, 0) is 48.6 Å². The van der Waals surface area contributed by atoms with Crippen LogP contribution in [0.3, 0.4) is 0 Å². The Morgan fingerprint density at radius 1 is 1.06 bits per heavy atom. The molecule has 2 aromatic carbocycles. The lowest BCUT2D eigenvalue weighted by Gasteiger charge is -2.16. The lowest BCUT2D eigenvalue weighted by Crippen LogP contribution is -2.38. The Morgan fingerprint density at radius 3 is 2.55 bits per heavy atom. The minimum atomic E-state index is -0.0777. The molecule has 1 heterocycles. The lowest BCUT2D eigenvalue weighted by molar-refractivity contribution is -0.128. The predicted molar refractivity (Wildman–Crippen MR) is 143 cm³/mol. The first-order valence-corrected chi connectivity index (χ1v) is 11.3. The van der Waals surface area contributed by atoms with E-state index in [1.807, 2.05) is 42.2 Å². The van der Waals surface area contributed by atoms with Gasteiger partial charge in [0, 0.05) is 45.2 Å². The first kappa shape index (κ1) is 26.6. The van der Waals surface area contributed by atoms with Crippen molar-refractivity contribution in [3.8, 4) is 0 Å². The summed E-state index contributed by atoms with van der Waals surface area (Å²) >= 11 is 0. The van der Waals surface area contributed by atoms with Gasteiger partial charge in [0.05, 0.1) is 6.54 Å². The van der Waals surface area contributed by atoms with E-state index < -0.39 is 0 Å². The molecule has 7 nitrogen and oxygen atoms in total. The third-order valence-electron chi connectivity index (χ3n) is 5.42. The Balaban J connectivity index is 0.00000385. The fourth-order valence-corrected chi connectivity index (χ4v) is 3.77. The van der Waals surface area contributed by atoms with Crippen molar-refractivity contribution in [2.45, 2.75) is 39.3 Å². The third kappa shape index (κ3) is 8.34. The number of nitrogens with one attached hydrogen (secondary N) is 3. The summed E-state index contributed by atoms with van der Waals surface area (Å²) in [5.41, 5.74) is 4.02. The third-order valence-corrected chi connectivity index (χ3v) is 5.42. The van der Waals surface area contributed by atoms with E-state index in [9.17, 15) is 9.59 Å². The molecule has 0 spiro atoms. The fraction of sp³-hybridized carbons (Fsp3) is 0.400. The van der Waals surface area contributed by atoms with Gasteiger partial charge >= 0.3 is 0 Å². The largest absolute Gasteiger partial charge is 0.357 e. The van der Waals surface area contributed by atoms with Crippen molar-refractivity contribution in [2.75, 3.05) is 26.7 Å². The molecule has 1 fully saturated rings. The molecule has 0 unspecified atom stereocenters. The van der Waals surface area contributed by atoms with Crippen molar-refractivity contribution in [2.24, 2.45) is 4.99 Å². The lowest BCUT2D eigenvalue weighted by atomic mass is 10.1. The maximum absolute atomic E-state index is 11.9. The summed E-state index contributed by atoms with van der Waals surface area (Å²) in [6, 6.07) is 15.9. The molecule has 8 heteroatoms. The molecule has 0 radical (unpaired) electrons. The van der Waals surface area contributed by atoms with Crippen molar-refractivity contribution in [1.82, 2.24) is 20.9 Å². The zero-order valence-electron chi connectivity index (χ0n) is 19.4. The van der Waals surface area contributed by atoms with Gasteiger partial charge in [-0.15, -0.1) is 24.0 Å². The molecule has 1 aliphatic rings. The quantitative estimate of drug-likeness (QED) is 0.249. The number of hydrogen-bond acceptors (Lipinski definition) is 3. The second kappa shape index (κ2) is 13.8. The zero-order chi connectivity index (χ0) is 22.8. The van der Waals surface area contributed by atoms with Crippen LogP contribution >= 0.6 is 24.0 Å². The van der Waals surface area contributed by atoms with Crippen LogP contribution in [0.25, 0.3) is 0 Å². The number of nitrogens with zero attached hydrogens (tertiary/aromatic N) is 2. The molecular formula is C25H34IN5O2. The number of rotatable bonds is 9. The molecule has 2 aromatic rings.